The Morgan fingerprint density at radius 1 is 0.700 bits per heavy atom. The zero-order valence-electron chi connectivity index (χ0n) is 23.5. The van der Waals surface area contributed by atoms with E-state index in [1.807, 2.05) is 24.3 Å². The largest absolute Gasteiger partial charge is 0.506 e. The molecular formula is C34H35N3O2S. The van der Waals surface area contributed by atoms with Crippen molar-refractivity contribution in [1.82, 2.24) is 0 Å². The summed E-state index contributed by atoms with van der Waals surface area (Å²) in [6, 6.07) is 28.8. The molecule has 1 N–H and O–H groups in total. The summed E-state index contributed by atoms with van der Waals surface area (Å²) in [5.74, 6) is 1.79. The zero-order valence-corrected chi connectivity index (χ0v) is 24.3. The number of hydrogen-bond acceptors (Lipinski definition) is 5. The number of benzene rings is 4. The zero-order chi connectivity index (χ0) is 28.0. The summed E-state index contributed by atoms with van der Waals surface area (Å²) in [6.45, 7) is 12.3. The summed E-state index contributed by atoms with van der Waals surface area (Å²) in [5, 5.41) is 11.2. The highest BCUT2D eigenvalue weighted by Crippen LogP contribution is 2.60. The Bertz CT molecular complexity index is 1530. The van der Waals surface area contributed by atoms with Crippen molar-refractivity contribution < 1.29 is 9.84 Å². The molecule has 0 atom stereocenters. The van der Waals surface area contributed by atoms with Gasteiger partial charge in [-0.3, -0.25) is 0 Å². The molecule has 0 bridgehead atoms. The molecule has 0 radical (unpaired) electrons. The van der Waals surface area contributed by atoms with Gasteiger partial charge in [0.1, 0.15) is 27.8 Å². The molecule has 0 aliphatic carbocycles. The molecular weight excluding hydrogens is 514 g/mol. The van der Waals surface area contributed by atoms with E-state index in [0.717, 1.165) is 71.3 Å². The van der Waals surface area contributed by atoms with E-state index in [1.54, 1.807) is 6.07 Å². The standard InChI is InChI=1S/C34H35N3O2S/c1-5-35(6-2)23-17-19-27-31(21-23)39-32-22-24(36(7-3)8-4)18-20-28(32)34(27)26-14-10-9-13-25(26)33(40)37(34)29-15-11-12-16-30(29)38/h9-22,38H,5-8H2,1-4H3. The molecule has 1 spiro atoms. The molecule has 4 aromatic rings. The summed E-state index contributed by atoms with van der Waals surface area (Å²) in [5.41, 5.74) is 6.15. The van der Waals surface area contributed by atoms with Gasteiger partial charge >= 0.3 is 0 Å². The molecule has 40 heavy (non-hydrogen) atoms. The first kappa shape index (κ1) is 26.2. The van der Waals surface area contributed by atoms with Crippen LogP contribution in [0.1, 0.15) is 49.9 Å². The number of phenolic OH excluding ortho intramolecular Hbond substituents is 1. The van der Waals surface area contributed by atoms with Crippen molar-refractivity contribution in [2.45, 2.75) is 33.2 Å². The maximum Gasteiger partial charge on any atom is 0.139 e. The Morgan fingerprint density at radius 3 is 1.77 bits per heavy atom. The van der Waals surface area contributed by atoms with Crippen LogP contribution in [0.4, 0.5) is 17.1 Å². The summed E-state index contributed by atoms with van der Waals surface area (Å²) in [6.07, 6.45) is 0. The highest BCUT2D eigenvalue weighted by Gasteiger charge is 2.56. The molecule has 5 nitrogen and oxygen atoms in total. The van der Waals surface area contributed by atoms with Crippen molar-refractivity contribution >= 4 is 34.3 Å². The van der Waals surface area contributed by atoms with Gasteiger partial charge in [-0.25, -0.2) is 0 Å². The lowest BCUT2D eigenvalue weighted by Gasteiger charge is -2.45. The molecule has 0 fully saturated rings. The summed E-state index contributed by atoms with van der Waals surface area (Å²) in [4.78, 5) is 7.46. The fraction of sp³-hybridized carbons (Fsp3) is 0.265. The minimum atomic E-state index is -0.820. The summed E-state index contributed by atoms with van der Waals surface area (Å²) >= 11 is 6.22. The van der Waals surface area contributed by atoms with E-state index in [9.17, 15) is 5.11 Å². The Kier molecular flexibility index (Phi) is 6.67. The maximum atomic E-state index is 11.2. The van der Waals surface area contributed by atoms with Gasteiger partial charge < -0.3 is 24.5 Å². The van der Waals surface area contributed by atoms with E-state index in [2.05, 4.69) is 97.0 Å². The molecule has 0 amide bonds. The lowest BCUT2D eigenvalue weighted by atomic mass is 9.74. The van der Waals surface area contributed by atoms with Gasteiger partial charge in [0, 0.05) is 66.4 Å². The van der Waals surface area contributed by atoms with Crippen LogP contribution in [-0.4, -0.2) is 36.3 Å². The van der Waals surface area contributed by atoms with Gasteiger partial charge in [0.05, 0.1) is 5.69 Å². The highest BCUT2D eigenvalue weighted by atomic mass is 32.1. The number of thiocarbonyl (C=S) groups is 1. The molecule has 2 heterocycles. The van der Waals surface area contributed by atoms with Crippen LogP contribution in [-0.2, 0) is 5.54 Å². The van der Waals surface area contributed by atoms with Crippen LogP contribution in [0, 0.1) is 0 Å². The molecule has 2 aliphatic rings. The van der Waals surface area contributed by atoms with Crippen molar-refractivity contribution in [3.8, 4) is 17.2 Å². The third-order valence-electron chi connectivity index (χ3n) is 8.40. The Hall–Kier alpha value is -4.03. The highest BCUT2D eigenvalue weighted by molar-refractivity contribution is 7.81. The van der Waals surface area contributed by atoms with Gasteiger partial charge in [-0.15, -0.1) is 0 Å². The molecule has 0 saturated carbocycles. The van der Waals surface area contributed by atoms with Gasteiger partial charge in [0.2, 0.25) is 0 Å². The van der Waals surface area contributed by atoms with Gasteiger partial charge in [-0.1, -0.05) is 60.7 Å². The lowest BCUT2D eigenvalue weighted by Crippen LogP contribution is -2.47. The second-order valence-electron chi connectivity index (χ2n) is 10.2. The first-order valence-corrected chi connectivity index (χ1v) is 14.6. The topological polar surface area (TPSA) is 39.2 Å². The molecule has 0 aromatic heterocycles. The fourth-order valence-corrected chi connectivity index (χ4v) is 6.89. The summed E-state index contributed by atoms with van der Waals surface area (Å²) < 4.78 is 6.80. The van der Waals surface area contributed by atoms with E-state index in [1.165, 1.54) is 0 Å². The number of phenols is 1. The quantitative estimate of drug-likeness (QED) is 0.239. The number of aromatic hydroxyl groups is 1. The third-order valence-corrected chi connectivity index (χ3v) is 8.80. The normalized spacial score (nSPS) is 14.4. The number of ether oxygens (including phenoxy) is 1. The predicted molar refractivity (Wildman–Crippen MR) is 169 cm³/mol. The number of rotatable bonds is 7. The average molecular weight is 550 g/mol. The van der Waals surface area contributed by atoms with Crippen LogP contribution < -0.4 is 19.4 Å². The first-order chi connectivity index (χ1) is 19.5. The van der Waals surface area contributed by atoms with Crippen LogP contribution in [0.5, 0.6) is 17.2 Å². The first-order valence-electron chi connectivity index (χ1n) is 14.2. The second kappa shape index (κ2) is 10.2. The Balaban J connectivity index is 1.71. The smallest absolute Gasteiger partial charge is 0.139 e. The monoisotopic (exact) mass is 549 g/mol. The lowest BCUT2D eigenvalue weighted by molar-refractivity contribution is 0.421. The number of fused-ring (bicyclic) bond motifs is 6. The van der Waals surface area contributed by atoms with Crippen molar-refractivity contribution in [3.63, 3.8) is 0 Å². The molecule has 6 rings (SSSR count). The van der Waals surface area contributed by atoms with E-state index in [4.69, 9.17) is 17.0 Å². The van der Waals surface area contributed by atoms with Gasteiger partial charge in [-0.05, 0) is 57.5 Å². The summed E-state index contributed by atoms with van der Waals surface area (Å²) in [7, 11) is 0. The van der Waals surface area contributed by atoms with Crippen molar-refractivity contribution in [1.29, 1.82) is 0 Å². The number of hydrogen-bond donors (Lipinski definition) is 1. The van der Waals surface area contributed by atoms with Crippen LogP contribution in [0.25, 0.3) is 0 Å². The maximum absolute atomic E-state index is 11.2. The van der Waals surface area contributed by atoms with Crippen LogP contribution in [0.2, 0.25) is 0 Å². The Morgan fingerprint density at radius 2 is 1.23 bits per heavy atom. The van der Waals surface area contributed by atoms with Crippen LogP contribution in [0.15, 0.2) is 84.9 Å². The van der Waals surface area contributed by atoms with Gasteiger partial charge in [0.15, 0.2) is 0 Å². The fourth-order valence-electron chi connectivity index (χ4n) is 6.48. The van der Waals surface area contributed by atoms with Crippen LogP contribution >= 0.6 is 12.2 Å². The van der Waals surface area contributed by atoms with Gasteiger partial charge in [-0.2, -0.15) is 0 Å². The molecule has 0 saturated heterocycles. The third kappa shape index (κ3) is 3.69. The van der Waals surface area contributed by atoms with E-state index >= 15 is 0 Å². The average Bonchev–Trinajstić information content (AvgIpc) is 3.23. The number of para-hydroxylation sites is 2. The minimum absolute atomic E-state index is 0.186. The molecule has 2 aliphatic heterocycles. The van der Waals surface area contributed by atoms with E-state index in [0.29, 0.717) is 10.7 Å². The number of anilines is 3. The second-order valence-corrected chi connectivity index (χ2v) is 10.6. The van der Waals surface area contributed by atoms with Crippen molar-refractivity contribution in [2.24, 2.45) is 0 Å². The van der Waals surface area contributed by atoms with Crippen molar-refractivity contribution in [3.05, 3.63) is 107 Å². The minimum Gasteiger partial charge on any atom is -0.506 e. The molecule has 204 valence electrons. The predicted octanol–water partition coefficient (Wildman–Crippen LogP) is 7.68. The molecule has 0 unspecified atom stereocenters. The SMILES string of the molecule is CCN(CC)c1ccc2c(c1)Oc1cc(N(CC)CC)ccc1C21c2ccccc2C(=S)N1c1ccccc1O. The van der Waals surface area contributed by atoms with E-state index in [-0.39, 0.29) is 5.75 Å². The Labute approximate surface area is 242 Å². The number of nitrogens with zero attached hydrogens (tertiary/aromatic N) is 3. The van der Waals surface area contributed by atoms with Gasteiger partial charge in [0.25, 0.3) is 0 Å². The molecule has 6 heteroatoms. The van der Waals surface area contributed by atoms with Crippen LogP contribution in [0.3, 0.4) is 0 Å². The molecule has 4 aromatic carbocycles. The van der Waals surface area contributed by atoms with E-state index < -0.39 is 5.54 Å². The van der Waals surface area contributed by atoms with Crippen molar-refractivity contribution in [2.75, 3.05) is 40.9 Å².